The maximum Gasteiger partial charge on any atom is 0.358 e. The molecular formula is C23H27N5O4. The van der Waals surface area contributed by atoms with Crippen molar-refractivity contribution in [3.8, 4) is 5.75 Å². The summed E-state index contributed by atoms with van der Waals surface area (Å²) in [5.74, 6) is 0.403. The molecular weight excluding hydrogens is 410 g/mol. The SMILES string of the molecule is C=C1C=CC(c2cccc(OC)c2)=NN1/C=C(\C)NC=O.CCOC(=O)c1nc[nH]c1C. The molecule has 1 aromatic carbocycles. The second-order valence-electron chi connectivity index (χ2n) is 6.56. The summed E-state index contributed by atoms with van der Waals surface area (Å²) in [6, 6.07) is 7.66. The number of hydrogen-bond acceptors (Lipinski definition) is 7. The van der Waals surface area contributed by atoms with Gasteiger partial charge in [0, 0.05) is 23.2 Å². The average Bonchev–Trinajstić information content (AvgIpc) is 3.22. The summed E-state index contributed by atoms with van der Waals surface area (Å²) < 4.78 is 9.96. The van der Waals surface area contributed by atoms with Gasteiger partial charge in [-0.2, -0.15) is 5.10 Å². The van der Waals surface area contributed by atoms with E-state index in [0.717, 1.165) is 22.7 Å². The summed E-state index contributed by atoms with van der Waals surface area (Å²) in [6.07, 6.45) is 7.57. The molecule has 168 valence electrons. The number of ether oxygens (including phenoxy) is 2. The van der Waals surface area contributed by atoms with E-state index >= 15 is 0 Å². The highest BCUT2D eigenvalue weighted by Gasteiger charge is 2.12. The number of rotatable bonds is 7. The van der Waals surface area contributed by atoms with E-state index in [1.165, 1.54) is 6.33 Å². The maximum absolute atomic E-state index is 11.0. The Balaban J connectivity index is 0.000000278. The summed E-state index contributed by atoms with van der Waals surface area (Å²) in [7, 11) is 1.63. The lowest BCUT2D eigenvalue weighted by Gasteiger charge is -2.21. The zero-order chi connectivity index (χ0) is 23.5. The molecule has 1 aromatic heterocycles. The highest BCUT2D eigenvalue weighted by atomic mass is 16.5. The number of benzene rings is 1. The van der Waals surface area contributed by atoms with Gasteiger partial charge in [-0.05, 0) is 45.1 Å². The van der Waals surface area contributed by atoms with Gasteiger partial charge in [-0.15, -0.1) is 0 Å². The number of esters is 1. The van der Waals surface area contributed by atoms with Gasteiger partial charge in [0.15, 0.2) is 5.69 Å². The standard InChI is InChI=1S/C16H17N3O2.C7H10N2O2/c1-12(17-11-20)10-19-13(2)7-8-16(18-19)14-5-4-6-15(9-14)21-3;1-3-11-7(10)6-5(2)8-4-9-6/h4-11H,2H2,1,3H3,(H,17,20);4H,3H2,1-2H3,(H,8,9)/b12-10+;. The highest BCUT2D eigenvalue weighted by molar-refractivity contribution is 6.09. The number of aryl methyl sites for hydroxylation is 1. The van der Waals surface area contributed by atoms with Crippen molar-refractivity contribution in [2.75, 3.05) is 13.7 Å². The Morgan fingerprint density at radius 3 is 2.75 bits per heavy atom. The molecule has 1 amide bonds. The van der Waals surface area contributed by atoms with Crippen LogP contribution < -0.4 is 10.1 Å². The van der Waals surface area contributed by atoms with Crippen LogP contribution in [0.25, 0.3) is 0 Å². The van der Waals surface area contributed by atoms with Crippen LogP contribution in [0.3, 0.4) is 0 Å². The normalized spacial score (nSPS) is 13.0. The Hall–Kier alpha value is -4.14. The molecule has 2 heterocycles. The number of H-pyrrole nitrogens is 1. The van der Waals surface area contributed by atoms with E-state index in [2.05, 4.69) is 27.0 Å². The number of imidazole rings is 1. The quantitative estimate of drug-likeness (QED) is 0.508. The molecule has 0 aliphatic carbocycles. The topological polar surface area (TPSA) is 109 Å². The fourth-order valence-electron chi connectivity index (χ4n) is 2.59. The molecule has 9 heteroatoms. The van der Waals surface area contributed by atoms with E-state index in [4.69, 9.17) is 9.47 Å². The molecule has 2 N–H and O–H groups in total. The lowest BCUT2D eigenvalue weighted by Crippen LogP contribution is -2.18. The maximum atomic E-state index is 11.0. The Morgan fingerprint density at radius 2 is 2.12 bits per heavy atom. The third-order valence-electron chi connectivity index (χ3n) is 4.21. The van der Waals surface area contributed by atoms with Crippen molar-refractivity contribution in [1.29, 1.82) is 0 Å². The number of nitrogens with zero attached hydrogens (tertiary/aromatic N) is 3. The number of hydrazone groups is 1. The molecule has 32 heavy (non-hydrogen) atoms. The number of methoxy groups -OCH3 is 1. The molecule has 1 aliphatic rings. The average molecular weight is 438 g/mol. The number of carbonyl (C=O) groups is 2. The van der Waals surface area contributed by atoms with Crippen LogP contribution in [0.5, 0.6) is 5.75 Å². The number of hydrogen-bond donors (Lipinski definition) is 2. The fraction of sp³-hybridized carbons (Fsp3) is 0.217. The van der Waals surface area contributed by atoms with E-state index in [-0.39, 0.29) is 5.97 Å². The third-order valence-corrected chi connectivity index (χ3v) is 4.21. The molecule has 1 aliphatic heterocycles. The Bertz CT molecular complexity index is 1050. The smallest absolute Gasteiger partial charge is 0.358 e. The number of carbonyl (C=O) groups excluding carboxylic acids is 2. The molecule has 0 saturated heterocycles. The summed E-state index contributed by atoms with van der Waals surface area (Å²) in [5.41, 5.74) is 4.23. The molecule has 3 rings (SSSR count). The minimum atomic E-state index is -0.369. The van der Waals surface area contributed by atoms with Crippen LogP contribution in [-0.4, -0.2) is 46.8 Å². The van der Waals surface area contributed by atoms with Crippen molar-refractivity contribution in [3.05, 3.63) is 83.9 Å². The first kappa shape index (κ1) is 24.1. The molecule has 0 spiro atoms. The van der Waals surface area contributed by atoms with Gasteiger partial charge in [0.2, 0.25) is 6.41 Å². The molecule has 0 unspecified atom stereocenters. The van der Waals surface area contributed by atoms with Crippen LogP contribution in [0.1, 0.15) is 35.6 Å². The largest absolute Gasteiger partial charge is 0.497 e. The van der Waals surface area contributed by atoms with Gasteiger partial charge in [-0.1, -0.05) is 18.7 Å². The number of nitrogens with one attached hydrogen (secondary N) is 2. The Morgan fingerprint density at radius 1 is 1.34 bits per heavy atom. The van der Waals surface area contributed by atoms with Crippen LogP contribution in [0.2, 0.25) is 0 Å². The summed E-state index contributed by atoms with van der Waals surface area (Å²) in [5, 5.41) is 8.70. The predicted octanol–water partition coefficient (Wildman–Crippen LogP) is 3.29. The minimum absolute atomic E-state index is 0.367. The lowest BCUT2D eigenvalue weighted by atomic mass is 10.1. The van der Waals surface area contributed by atoms with Crippen molar-refractivity contribution in [2.45, 2.75) is 20.8 Å². The zero-order valence-electron chi connectivity index (χ0n) is 18.6. The first-order valence-electron chi connectivity index (χ1n) is 9.84. The summed E-state index contributed by atoms with van der Waals surface area (Å²) in [4.78, 5) is 28.1. The van der Waals surface area contributed by atoms with E-state index in [1.807, 2.05) is 36.4 Å². The van der Waals surface area contributed by atoms with Crippen LogP contribution in [0.4, 0.5) is 0 Å². The Kier molecular flexibility index (Phi) is 8.97. The van der Waals surface area contributed by atoms with Crippen molar-refractivity contribution >= 4 is 18.1 Å². The fourth-order valence-corrected chi connectivity index (χ4v) is 2.59. The molecule has 0 saturated carbocycles. The molecule has 0 atom stereocenters. The number of amides is 1. The molecule has 0 fully saturated rings. The van der Waals surface area contributed by atoms with Crippen LogP contribution in [-0.2, 0) is 9.53 Å². The summed E-state index contributed by atoms with van der Waals surface area (Å²) >= 11 is 0. The number of aromatic amines is 1. The summed E-state index contributed by atoms with van der Waals surface area (Å²) in [6.45, 7) is 9.62. The monoisotopic (exact) mass is 437 g/mol. The van der Waals surface area contributed by atoms with Gasteiger partial charge in [-0.3, -0.25) is 4.79 Å². The highest BCUT2D eigenvalue weighted by Crippen LogP contribution is 2.19. The van der Waals surface area contributed by atoms with E-state index in [9.17, 15) is 9.59 Å². The van der Waals surface area contributed by atoms with Crippen LogP contribution in [0.15, 0.2) is 72.0 Å². The first-order valence-corrected chi connectivity index (χ1v) is 9.84. The molecule has 0 radical (unpaired) electrons. The predicted molar refractivity (Wildman–Crippen MR) is 122 cm³/mol. The number of allylic oxidation sites excluding steroid dienone is 3. The second kappa shape index (κ2) is 11.9. The van der Waals surface area contributed by atoms with E-state index in [1.54, 1.807) is 39.1 Å². The minimum Gasteiger partial charge on any atom is -0.497 e. The van der Waals surface area contributed by atoms with Gasteiger partial charge in [0.25, 0.3) is 0 Å². The van der Waals surface area contributed by atoms with E-state index < -0.39 is 0 Å². The van der Waals surface area contributed by atoms with Crippen molar-refractivity contribution < 1.29 is 19.1 Å². The molecule has 9 nitrogen and oxygen atoms in total. The van der Waals surface area contributed by atoms with Gasteiger partial charge in [0.1, 0.15) is 5.75 Å². The van der Waals surface area contributed by atoms with Gasteiger partial charge in [-0.25, -0.2) is 14.8 Å². The second-order valence-corrected chi connectivity index (χ2v) is 6.56. The number of aromatic nitrogens is 2. The third kappa shape index (κ3) is 6.69. The van der Waals surface area contributed by atoms with E-state index in [0.29, 0.717) is 30.1 Å². The van der Waals surface area contributed by atoms with Gasteiger partial charge in [0.05, 0.1) is 31.5 Å². The zero-order valence-corrected chi connectivity index (χ0v) is 18.6. The van der Waals surface area contributed by atoms with Gasteiger partial charge < -0.3 is 19.8 Å². The Labute approximate surface area is 187 Å². The van der Waals surface area contributed by atoms with Crippen molar-refractivity contribution in [2.24, 2.45) is 5.10 Å². The lowest BCUT2D eigenvalue weighted by molar-refractivity contribution is -0.108. The molecule has 2 aromatic rings. The van der Waals surface area contributed by atoms with Gasteiger partial charge >= 0.3 is 5.97 Å². The molecule has 0 bridgehead atoms. The van der Waals surface area contributed by atoms with Crippen molar-refractivity contribution in [1.82, 2.24) is 20.3 Å². The van der Waals surface area contributed by atoms with Crippen LogP contribution >= 0.6 is 0 Å². The first-order chi connectivity index (χ1) is 15.4. The van der Waals surface area contributed by atoms with Crippen molar-refractivity contribution in [3.63, 3.8) is 0 Å². The van der Waals surface area contributed by atoms with Crippen LogP contribution in [0, 0.1) is 6.92 Å².